The Bertz CT molecular complexity index is 1420. The van der Waals surface area contributed by atoms with E-state index in [4.69, 9.17) is 5.26 Å². The molecular weight excluding hydrogens is 424 g/mol. The van der Waals surface area contributed by atoms with Crippen LogP contribution in [0.2, 0.25) is 0 Å². The first-order valence-corrected chi connectivity index (χ1v) is 11.6. The van der Waals surface area contributed by atoms with E-state index >= 15 is 4.39 Å². The molecule has 0 aliphatic carbocycles. The molecule has 0 atom stereocenters. The number of hydrogen-bond acceptors (Lipinski definition) is 1. The van der Waals surface area contributed by atoms with Gasteiger partial charge >= 0.3 is 0 Å². The Morgan fingerprint density at radius 2 is 1.53 bits per heavy atom. The topological polar surface area (TPSA) is 23.8 Å². The van der Waals surface area contributed by atoms with Crippen molar-refractivity contribution in [1.29, 1.82) is 5.26 Å². The molecule has 0 unspecified atom stereocenters. The molecule has 4 rings (SSSR count). The minimum atomic E-state index is -0.658. The highest BCUT2D eigenvalue weighted by Gasteiger charge is 2.12. The van der Waals surface area contributed by atoms with Crippen LogP contribution in [0.4, 0.5) is 8.78 Å². The summed E-state index contributed by atoms with van der Waals surface area (Å²) in [5.74, 6) is 5.27. The number of fused-ring (bicyclic) bond motifs is 1. The predicted molar refractivity (Wildman–Crippen MR) is 134 cm³/mol. The molecule has 0 radical (unpaired) electrons. The Kier molecular flexibility index (Phi) is 7.36. The van der Waals surface area contributed by atoms with Gasteiger partial charge in [-0.15, -0.1) is 0 Å². The van der Waals surface area contributed by atoms with Gasteiger partial charge in [-0.1, -0.05) is 74.4 Å². The van der Waals surface area contributed by atoms with Gasteiger partial charge in [-0.25, -0.2) is 8.78 Å². The molecule has 1 nitrogen and oxygen atoms in total. The first kappa shape index (κ1) is 23.2. The summed E-state index contributed by atoms with van der Waals surface area (Å²) in [6.07, 6.45) is 6.12. The normalized spacial score (nSPS) is 10.5. The minimum absolute atomic E-state index is 0.0604. The van der Waals surface area contributed by atoms with E-state index in [9.17, 15) is 4.39 Å². The molecule has 168 valence electrons. The van der Waals surface area contributed by atoms with Gasteiger partial charge < -0.3 is 0 Å². The summed E-state index contributed by atoms with van der Waals surface area (Å²) >= 11 is 0. The van der Waals surface area contributed by atoms with E-state index in [1.54, 1.807) is 30.3 Å². The van der Waals surface area contributed by atoms with E-state index in [1.807, 2.05) is 24.3 Å². The van der Waals surface area contributed by atoms with Crippen LogP contribution in [0, 0.1) is 34.8 Å². The number of halogens is 2. The average Bonchev–Trinajstić information content (AvgIpc) is 2.86. The summed E-state index contributed by atoms with van der Waals surface area (Å²) in [7, 11) is 0. The number of unbranched alkanes of at least 4 members (excludes halogenated alkanes) is 3. The molecule has 0 aliphatic heterocycles. The fourth-order valence-electron chi connectivity index (χ4n) is 4.02. The Hall–Kier alpha value is -3.95. The van der Waals surface area contributed by atoms with Crippen LogP contribution in [-0.2, 0) is 6.42 Å². The van der Waals surface area contributed by atoms with Crippen molar-refractivity contribution in [2.24, 2.45) is 0 Å². The van der Waals surface area contributed by atoms with Crippen LogP contribution in [0.5, 0.6) is 0 Å². The molecule has 0 amide bonds. The van der Waals surface area contributed by atoms with Gasteiger partial charge in [0.15, 0.2) is 0 Å². The summed E-state index contributed by atoms with van der Waals surface area (Å²) in [6.45, 7) is 2.22. The van der Waals surface area contributed by atoms with Crippen LogP contribution in [0.1, 0.15) is 54.9 Å². The highest BCUT2D eigenvalue weighted by atomic mass is 19.1. The quantitative estimate of drug-likeness (QED) is 0.215. The third-order valence-corrected chi connectivity index (χ3v) is 5.98. The van der Waals surface area contributed by atoms with Gasteiger partial charge in [0.25, 0.3) is 0 Å². The number of benzene rings is 4. The summed E-state index contributed by atoms with van der Waals surface area (Å²) in [5, 5.41) is 10.1. The molecule has 0 N–H and O–H groups in total. The molecule has 34 heavy (non-hydrogen) atoms. The Morgan fingerprint density at radius 1 is 0.765 bits per heavy atom. The molecule has 0 aromatic heterocycles. The molecule has 4 aromatic carbocycles. The molecule has 0 saturated carbocycles. The third kappa shape index (κ3) is 5.33. The molecular formula is C31H25F2N. The van der Waals surface area contributed by atoms with Crippen LogP contribution in [0.3, 0.4) is 0 Å². The Labute approximate surface area is 199 Å². The third-order valence-electron chi connectivity index (χ3n) is 5.98. The van der Waals surface area contributed by atoms with Crippen molar-refractivity contribution in [1.82, 2.24) is 0 Å². The number of nitriles is 1. The summed E-state index contributed by atoms with van der Waals surface area (Å²) in [4.78, 5) is 0. The second-order valence-electron chi connectivity index (χ2n) is 8.43. The number of rotatable bonds is 6. The molecule has 3 heteroatoms. The van der Waals surface area contributed by atoms with Gasteiger partial charge in [-0.05, 0) is 65.8 Å². The first-order valence-electron chi connectivity index (χ1n) is 11.6. The zero-order valence-electron chi connectivity index (χ0n) is 19.2. The summed E-state index contributed by atoms with van der Waals surface area (Å²) < 4.78 is 29.2. The van der Waals surface area contributed by atoms with Crippen LogP contribution in [0.15, 0.2) is 72.8 Å². The average molecular weight is 450 g/mol. The Balaban J connectivity index is 1.53. The van der Waals surface area contributed by atoms with Gasteiger partial charge in [0.2, 0.25) is 0 Å². The SMILES string of the molecule is CCCCCCc1ccc(C#Cc2ccc3c(F)c(-c4ccc(C#N)c(F)c4)ccc3c2)cc1. The van der Waals surface area contributed by atoms with Crippen molar-refractivity contribution in [2.75, 3.05) is 0 Å². The summed E-state index contributed by atoms with van der Waals surface area (Å²) in [6, 6.07) is 23.1. The van der Waals surface area contributed by atoms with Gasteiger partial charge in [-0.3, -0.25) is 0 Å². The minimum Gasteiger partial charge on any atom is -0.206 e. The highest BCUT2D eigenvalue weighted by molar-refractivity contribution is 5.89. The molecule has 4 aromatic rings. The lowest BCUT2D eigenvalue weighted by Gasteiger charge is -2.08. The van der Waals surface area contributed by atoms with Crippen LogP contribution >= 0.6 is 0 Å². The monoisotopic (exact) mass is 449 g/mol. The molecule has 0 saturated heterocycles. The first-order chi connectivity index (χ1) is 16.6. The van der Waals surface area contributed by atoms with Crippen LogP contribution < -0.4 is 0 Å². The predicted octanol–water partition coefficient (Wildman–Crippen LogP) is 8.18. The zero-order chi connectivity index (χ0) is 23.9. The Morgan fingerprint density at radius 3 is 2.26 bits per heavy atom. The lowest BCUT2D eigenvalue weighted by molar-refractivity contribution is 0.623. The van der Waals surface area contributed by atoms with E-state index in [1.165, 1.54) is 43.4 Å². The van der Waals surface area contributed by atoms with Crippen molar-refractivity contribution < 1.29 is 8.78 Å². The standard InChI is InChI=1S/C31H25F2N/c1-2-3-4-5-6-22-7-9-23(10-8-22)11-12-24-13-17-28-25(19-24)16-18-29(31(28)33)26-14-15-27(21-34)30(32)20-26/h7-10,13-20H,2-6H2,1H3. The van der Waals surface area contributed by atoms with Crippen molar-refractivity contribution in [3.05, 3.63) is 107 Å². The van der Waals surface area contributed by atoms with Gasteiger partial charge in [0.05, 0.1) is 5.56 Å². The van der Waals surface area contributed by atoms with Gasteiger partial charge in [0.1, 0.15) is 17.7 Å². The second kappa shape index (κ2) is 10.8. The fourth-order valence-corrected chi connectivity index (χ4v) is 4.02. The zero-order valence-corrected chi connectivity index (χ0v) is 19.2. The smallest absolute Gasteiger partial charge is 0.141 e. The fraction of sp³-hybridized carbons (Fsp3) is 0.194. The molecule has 0 aliphatic rings. The van der Waals surface area contributed by atoms with Crippen LogP contribution in [-0.4, -0.2) is 0 Å². The van der Waals surface area contributed by atoms with Crippen LogP contribution in [0.25, 0.3) is 21.9 Å². The van der Waals surface area contributed by atoms with Gasteiger partial charge in [-0.2, -0.15) is 5.26 Å². The van der Waals surface area contributed by atoms with Crippen molar-refractivity contribution in [3.63, 3.8) is 0 Å². The number of nitrogens with zero attached hydrogens (tertiary/aromatic N) is 1. The van der Waals surface area contributed by atoms with E-state index in [-0.39, 0.29) is 5.56 Å². The summed E-state index contributed by atoms with van der Waals surface area (Å²) in [5.41, 5.74) is 3.71. The maximum absolute atomic E-state index is 15.2. The van der Waals surface area contributed by atoms with Gasteiger partial charge in [0, 0.05) is 22.1 Å². The lowest BCUT2D eigenvalue weighted by Crippen LogP contribution is -1.90. The maximum Gasteiger partial charge on any atom is 0.141 e. The number of aryl methyl sites for hydroxylation is 1. The van der Waals surface area contributed by atoms with E-state index in [2.05, 4.69) is 30.9 Å². The maximum atomic E-state index is 15.2. The van der Waals surface area contributed by atoms with Crippen molar-refractivity contribution >= 4 is 10.8 Å². The highest BCUT2D eigenvalue weighted by Crippen LogP contribution is 2.30. The lowest BCUT2D eigenvalue weighted by atomic mass is 9.98. The number of hydrogen-bond donors (Lipinski definition) is 0. The molecule has 0 fully saturated rings. The van der Waals surface area contributed by atoms with Crippen molar-refractivity contribution in [3.8, 4) is 29.0 Å². The van der Waals surface area contributed by atoms with E-state index in [0.717, 1.165) is 22.9 Å². The molecule has 0 heterocycles. The van der Waals surface area contributed by atoms with Crippen molar-refractivity contribution in [2.45, 2.75) is 39.0 Å². The van der Waals surface area contributed by atoms with E-state index < -0.39 is 11.6 Å². The molecule has 0 spiro atoms. The molecule has 0 bridgehead atoms. The van der Waals surface area contributed by atoms with E-state index in [0.29, 0.717) is 16.5 Å². The largest absolute Gasteiger partial charge is 0.206 e. The second-order valence-corrected chi connectivity index (χ2v) is 8.43.